The van der Waals surface area contributed by atoms with Gasteiger partial charge in [0.1, 0.15) is 0 Å². The molecule has 1 saturated carbocycles. The molecule has 1 aromatic carbocycles. The third-order valence-electron chi connectivity index (χ3n) is 3.96. The number of carbonyl (C=O) groups excluding carboxylic acids is 2. The topological polar surface area (TPSA) is 70.2 Å². The van der Waals surface area contributed by atoms with Crippen LogP contribution in [0.3, 0.4) is 0 Å². The molecule has 0 heterocycles. The maximum atomic E-state index is 12.3. The molecule has 1 fully saturated rings. The van der Waals surface area contributed by atoms with Crippen LogP contribution in [0.1, 0.15) is 42.5 Å². The van der Waals surface area contributed by atoms with Crippen LogP contribution >= 0.6 is 0 Å². The lowest BCUT2D eigenvalue weighted by Gasteiger charge is -2.22. The van der Waals surface area contributed by atoms with Gasteiger partial charge in [-0.25, -0.2) is 0 Å². The van der Waals surface area contributed by atoms with Crippen LogP contribution in [0.2, 0.25) is 0 Å². The minimum absolute atomic E-state index is 0.0448. The van der Waals surface area contributed by atoms with Crippen molar-refractivity contribution in [2.45, 2.75) is 38.1 Å². The van der Waals surface area contributed by atoms with Crippen LogP contribution in [0.15, 0.2) is 36.9 Å². The Bertz CT molecular complexity index is 551. The fourth-order valence-corrected chi connectivity index (χ4v) is 2.72. The standard InChI is InChI=1S/C18H25N3O2/c1-2-11-19-17(22)13-20-16-10-6-7-14(12-16)18(23)21-15-8-4-3-5-9-15/h2,6-7,10,12,15,20H,1,3-5,8-9,11,13H2,(H,19,22)(H,21,23). The molecule has 124 valence electrons. The van der Waals surface area contributed by atoms with Gasteiger partial charge < -0.3 is 16.0 Å². The van der Waals surface area contributed by atoms with E-state index in [-0.39, 0.29) is 24.4 Å². The van der Waals surface area contributed by atoms with E-state index in [1.807, 2.05) is 12.1 Å². The van der Waals surface area contributed by atoms with Crippen LogP contribution in [0.5, 0.6) is 0 Å². The predicted octanol–water partition coefficient (Wildman–Crippen LogP) is 2.46. The van der Waals surface area contributed by atoms with Crippen LogP contribution in [0.4, 0.5) is 5.69 Å². The smallest absolute Gasteiger partial charge is 0.251 e. The number of hydrogen-bond donors (Lipinski definition) is 3. The van der Waals surface area contributed by atoms with Gasteiger partial charge in [-0.2, -0.15) is 0 Å². The van der Waals surface area contributed by atoms with Gasteiger partial charge in [-0.1, -0.05) is 31.4 Å². The summed E-state index contributed by atoms with van der Waals surface area (Å²) in [5, 5.41) is 8.82. The maximum absolute atomic E-state index is 12.3. The molecule has 2 amide bonds. The summed E-state index contributed by atoms with van der Waals surface area (Å²) in [6.07, 6.45) is 7.40. The number of rotatable bonds is 7. The number of amides is 2. The maximum Gasteiger partial charge on any atom is 0.251 e. The van der Waals surface area contributed by atoms with Gasteiger partial charge in [0.2, 0.25) is 5.91 Å². The number of hydrogen-bond acceptors (Lipinski definition) is 3. The molecule has 0 spiro atoms. The fraction of sp³-hybridized carbons (Fsp3) is 0.444. The van der Waals surface area contributed by atoms with Gasteiger partial charge in [0.25, 0.3) is 5.91 Å². The molecule has 1 aliphatic rings. The Hall–Kier alpha value is -2.30. The zero-order valence-corrected chi connectivity index (χ0v) is 13.4. The monoisotopic (exact) mass is 315 g/mol. The van der Waals surface area contributed by atoms with E-state index in [9.17, 15) is 9.59 Å². The first-order valence-electron chi connectivity index (χ1n) is 8.21. The molecule has 1 aromatic rings. The summed E-state index contributed by atoms with van der Waals surface area (Å²) in [5.74, 6) is -0.154. The second kappa shape index (κ2) is 8.98. The molecule has 23 heavy (non-hydrogen) atoms. The summed E-state index contributed by atoms with van der Waals surface area (Å²) in [7, 11) is 0. The van der Waals surface area contributed by atoms with Crippen molar-refractivity contribution in [3.63, 3.8) is 0 Å². The number of carbonyl (C=O) groups is 2. The molecule has 5 nitrogen and oxygen atoms in total. The van der Waals surface area contributed by atoms with Crippen molar-refractivity contribution >= 4 is 17.5 Å². The molecule has 0 aliphatic heterocycles. The molecule has 2 rings (SSSR count). The quantitative estimate of drug-likeness (QED) is 0.677. The van der Waals surface area contributed by atoms with E-state index in [1.165, 1.54) is 19.3 Å². The second-order valence-electron chi connectivity index (χ2n) is 5.84. The summed E-state index contributed by atoms with van der Waals surface area (Å²) in [5.41, 5.74) is 1.38. The van der Waals surface area contributed by atoms with Crippen molar-refractivity contribution < 1.29 is 9.59 Å². The van der Waals surface area contributed by atoms with E-state index in [0.29, 0.717) is 12.1 Å². The fourth-order valence-electron chi connectivity index (χ4n) is 2.72. The summed E-state index contributed by atoms with van der Waals surface area (Å²) in [4.78, 5) is 23.9. The van der Waals surface area contributed by atoms with E-state index in [1.54, 1.807) is 18.2 Å². The average Bonchev–Trinajstić information content (AvgIpc) is 2.59. The van der Waals surface area contributed by atoms with E-state index >= 15 is 0 Å². The van der Waals surface area contributed by atoms with Crippen molar-refractivity contribution in [2.24, 2.45) is 0 Å². The molecule has 0 unspecified atom stereocenters. The highest BCUT2D eigenvalue weighted by molar-refractivity contribution is 5.95. The van der Waals surface area contributed by atoms with E-state index in [2.05, 4.69) is 22.5 Å². The second-order valence-corrected chi connectivity index (χ2v) is 5.84. The highest BCUT2D eigenvalue weighted by Crippen LogP contribution is 2.18. The number of anilines is 1. The Labute approximate surface area is 137 Å². The highest BCUT2D eigenvalue weighted by Gasteiger charge is 2.16. The third-order valence-corrected chi connectivity index (χ3v) is 3.96. The van der Waals surface area contributed by atoms with Gasteiger partial charge in [-0.3, -0.25) is 9.59 Å². The molecule has 0 atom stereocenters. The molecular weight excluding hydrogens is 290 g/mol. The minimum atomic E-state index is -0.109. The van der Waals surface area contributed by atoms with E-state index in [4.69, 9.17) is 0 Å². The summed E-state index contributed by atoms with van der Waals surface area (Å²) in [6.45, 7) is 4.17. The Balaban J connectivity index is 1.86. The van der Waals surface area contributed by atoms with Crippen LogP contribution < -0.4 is 16.0 Å². The molecule has 1 aliphatic carbocycles. The predicted molar refractivity (Wildman–Crippen MR) is 92.5 cm³/mol. The zero-order chi connectivity index (χ0) is 16.5. The number of benzene rings is 1. The van der Waals surface area contributed by atoms with Crippen molar-refractivity contribution in [3.8, 4) is 0 Å². The molecule has 0 aromatic heterocycles. The molecule has 0 saturated heterocycles. The van der Waals surface area contributed by atoms with Crippen molar-refractivity contribution in [1.29, 1.82) is 0 Å². The van der Waals surface area contributed by atoms with Gasteiger partial charge in [-0.15, -0.1) is 6.58 Å². The van der Waals surface area contributed by atoms with Gasteiger partial charge in [0.05, 0.1) is 6.54 Å². The lowest BCUT2D eigenvalue weighted by Crippen LogP contribution is -2.36. The van der Waals surface area contributed by atoms with E-state index in [0.717, 1.165) is 18.5 Å². The first-order chi connectivity index (χ1) is 11.2. The average molecular weight is 315 g/mol. The Morgan fingerprint density at radius 1 is 1.22 bits per heavy atom. The van der Waals surface area contributed by atoms with Crippen LogP contribution in [0.25, 0.3) is 0 Å². The van der Waals surface area contributed by atoms with Gasteiger partial charge in [-0.05, 0) is 31.0 Å². The molecular formula is C18H25N3O2. The van der Waals surface area contributed by atoms with Gasteiger partial charge in [0.15, 0.2) is 0 Å². The first-order valence-corrected chi connectivity index (χ1v) is 8.21. The van der Waals surface area contributed by atoms with Crippen LogP contribution in [0, 0.1) is 0 Å². The summed E-state index contributed by atoms with van der Waals surface area (Å²) in [6, 6.07) is 7.52. The lowest BCUT2D eigenvalue weighted by atomic mass is 9.95. The van der Waals surface area contributed by atoms with Gasteiger partial charge >= 0.3 is 0 Å². The Kier molecular flexibility index (Phi) is 6.66. The summed E-state index contributed by atoms with van der Waals surface area (Å²) >= 11 is 0. The molecule has 0 radical (unpaired) electrons. The van der Waals surface area contributed by atoms with Crippen molar-refractivity contribution in [2.75, 3.05) is 18.4 Å². The van der Waals surface area contributed by atoms with Crippen molar-refractivity contribution in [3.05, 3.63) is 42.5 Å². The van der Waals surface area contributed by atoms with Gasteiger partial charge in [0, 0.05) is 23.8 Å². The largest absolute Gasteiger partial charge is 0.376 e. The van der Waals surface area contributed by atoms with Crippen LogP contribution in [-0.4, -0.2) is 30.9 Å². The molecule has 0 bridgehead atoms. The minimum Gasteiger partial charge on any atom is -0.376 e. The normalized spacial score (nSPS) is 14.8. The highest BCUT2D eigenvalue weighted by atomic mass is 16.2. The third kappa shape index (κ3) is 5.77. The lowest BCUT2D eigenvalue weighted by molar-refractivity contribution is -0.119. The molecule has 3 N–H and O–H groups in total. The molecule has 5 heteroatoms. The Morgan fingerprint density at radius 3 is 2.74 bits per heavy atom. The number of nitrogens with one attached hydrogen (secondary N) is 3. The zero-order valence-electron chi connectivity index (χ0n) is 13.4. The van der Waals surface area contributed by atoms with Crippen LogP contribution in [-0.2, 0) is 4.79 Å². The SMILES string of the molecule is C=CCNC(=O)CNc1cccc(C(=O)NC2CCCCC2)c1. The van der Waals surface area contributed by atoms with Crippen molar-refractivity contribution in [1.82, 2.24) is 10.6 Å². The first kappa shape index (κ1) is 17.1. The Morgan fingerprint density at radius 2 is 2.00 bits per heavy atom. The van der Waals surface area contributed by atoms with E-state index < -0.39 is 0 Å². The summed E-state index contributed by atoms with van der Waals surface area (Å²) < 4.78 is 0.